The summed E-state index contributed by atoms with van der Waals surface area (Å²) in [6.07, 6.45) is -4.82. The normalized spacial score (nSPS) is 29.7. The van der Waals surface area contributed by atoms with Gasteiger partial charge in [-0.25, -0.2) is 4.98 Å². The number of nitrogens with zero attached hydrogens (tertiary/aromatic N) is 2. The van der Waals surface area contributed by atoms with Crippen molar-refractivity contribution in [2.45, 2.75) is 20.1 Å². The molecule has 0 N–H and O–H groups in total. The zero-order chi connectivity index (χ0) is 17.7. The third-order valence-electron chi connectivity index (χ3n) is 0.763. The quantitative estimate of drug-likeness (QED) is 0.774. The molecule has 3 heteroatoms. The molecule has 0 aromatic carbocycles. The fraction of sp³-hybridized carbons (Fsp3) is 0.500. The van der Waals surface area contributed by atoms with Crippen molar-refractivity contribution in [3.63, 3.8) is 0 Å². The maximum Gasteiger partial charge on any atom is 0.124 e. The molecule has 0 saturated heterocycles. The topological polar surface area (TPSA) is 25.8 Å². The zero-order valence-corrected chi connectivity index (χ0v) is 6.86. The van der Waals surface area contributed by atoms with Crippen LogP contribution < -0.4 is 0 Å². The average molecular weight is 226 g/mol. The Bertz CT molecular complexity index is 565. The predicted molar refractivity (Wildman–Crippen MR) is 48.3 cm³/mol. The standard InChI is InChI=1S/C8H11BrN2/c1-6(2)3-7-4-11-8(9)5-10-7/h4-6H,3H2,1-2H3/i1D3,2D3,3D2,4D,5D,6D. The average Bonchev–Trinajstić information content (AvgIpc) is 2.29. The molecular formula is C8H11BrN2. The third-order valence-corrected chi connectivity index (χ3v) is 1.12. The van der Waals surface area contributed by atoms with Gasteiger partial charge in [0.15, 0.2) is 0 Å². The molecule has 0 aliphatic rings. The van der Waals surface area contributed by atoms with Crippen LogP contribution in [-0.4, -0.2) is 9.97 Å². The number of halogens is 1. The minimum Gasteiger partial charge on any atom is -0.257 e. The first-order chi connectivity index (χ1) is 9.57. The van der Waals surface area contributed by atoms with Gasteiger partial charge in [0.25, 0.3) is 0 Å². The van der Waals surface area contributed by atoms with Crippen LogP contribution in [0.4, 0.5) is 0 Å². The van der Waals surface area contributed by atoms with Crippen LogP contribution in [0.3, 0.4) is 0 Å². The summed E-state index contributed by atoms with van der Waals surface area (Å²) in [5, 5.41) is 0. The van der Waals surface area contributed by atoms with Gasteiger partial charge in [0, 0.05) is 18.5 Å². The Labute approximate surface area is 90.7 Å². The van der Waals surface area contributed by atoms with E-state index in [1.165, 1.54) is 0 Å². The lowest BCUT2D eigenvalue weighted by atomic mass is 10.1. The highest BCUT2D eigenvalue weighted by molar-refractivity contribution is 9.10. The van der Waals surface area contributed by atoms with Crippen molar-refractivity contribution in [2.75, 3.05) is 0 Å². The summed E-state index contributed by atoms with van der Waals surface area (Å²) in [5.74, 6) is -3.59. The zero-order valence-electron chi connectivity index (χ0n) is 16.3. The summed E-state index contributed by atoms with van der Waals surface area (Å²) >= 11 is 2.80. The monoisotopic (exact) mass is 225 g/mol. The third kappa shape index (κ3) is 2.97. The second-order valence-electron chi connectivity index (χ2n) is 1.59. The van der Waals surface area contributed by atoms with E-state index in [-0.39, 0.29) is 4.60 Å². The van der Waals surface area contributed by atoms with Crippen molar-refractivity contribution in [3.8, 4) is 0 Å². The van der Waals surface area contributed by atoms with Gasteiger partial charge in [0.2, 0.25) is 0 Å². The van der Waals surface area contributed by atoms with Gasteiger partial charge in [-0.1, -0.05) is 13.7 Å². The fourth-order valence-electron chi connectivity index (χ4n) is 0.428. The van der Waals surface area contributed by atoms with Crippen molar-refractivity contribution >= 4 is 15.9 Å². The predicted octanol–water partition coefficient (Wildman–Crippen LogP) is 2.44. The highest BCUT2D eigenvalue weighted by atomic mass is 79.9. The number of aromatic nitrogens is 2. The van der Waals surface area contributed by atoms with E-state index in [0.29, 0.717) is 0 Å². The molecule has 1 heterocycles. The van der Waals surface area contributed by atoms with Crippen LogP contribution >= 0.6 is 15.9 Å². The molecule has 0 atom stereocenters. The summed E-state index contributed by atoms with van der Waals surface area (Å²) in [6, 6.07) is 0. The number of hydrogen-bond acceptors (Lipinski definition) is 2. The Hall–Kier alpha value is -0.440. The van der Waals surface area contributed by atoms with Gasteiger partial charge in [-0.05, 0) is 28.2 Å². The first kappa shape index (κ1) is 2.08. The summed E-state index contributed by atoms with van der Waals surface area (Å²) in [4.78, 5) is 6.87. The second-order valence-corrected chi connectivity index (χ2v) is 2.34. The van der Waals surface area contributed by atoms with Crippen LogP contribution in [0.5, 0.6) is 0 Å². The first-order valence-corrected chi connectivity index (χ1v) is 3.38. The van der Waals surface area contributed by atoms with Crippen molar-refractivity contribution in [3.05, 3.63) is 22.6 Å². The number of rotatable bonds is 2. The largest absolute Gasteiger partial charge is 0.257 e. The highest BCUT2D eigenvalue weighted by Gasteiger charge is 1.98. The Morgan fingerprint density at radius 1 is 1.82 bits per heavy atom. The molecule has 0 aliphatic heterocycles. The molecule has 0 amide bonds. The van der Waals surface area contributed by atoms with Gasteiger partial charge in [-0.15, -0.1) is 0 Å². The Balaban J connectivity index is 3.72. The second kappa shape index (κ2) is 3.81. The van der Waals surface area contributed by atoms with Gasteiger partial charge in [0.1, 0.15) is 4.60 Å². The maximum atomic E-state index is 7.88. The van der Waals surface area contributed by atoms with E-state index in [0.717, 1.165) is 0 Å². The molecule has 1 rings (SSSR count). The van der Waals surface area contributed by atoms with E-state index in [4.69, 9.17) is 15.1 Å². The summed E-state index contributed by atoms with van der Waals surface area (Å²) in [5.41, 5.74) is -0.983. The Morgan fingerprint density at radius 3 is 3.36 bits per heavy atom. The van der Waals surface area contributed by atoms with Crippen LogP contribution in [0, 0.1) is 5.89 Å². The van der Waals surface area contributed by atoms with Crippen molar-refractivity contribution < 1.29 is 15.1 Å². The molecule has 0 saturated carbocycles. The van der Waals surface area contributed by atoms with E-state index < -0.39 is 44.0 Å². The van der Waals surface area contributed by atoms with E-state index in [1.54, 1.807) is 0 Å². The molecule has 0 spiro atoms. The molecule has 1 aromatic rings. The lowest BCUT2D eigenvalue weighted by Crippen LogP contribution is -1.97. The van der Waals surface area contributed by atoms with Crippen molar-refractivity contribution in [1.29, 1.82) is 0 Å². The van der Waals surface area contributed by atoms with E-state index in [2.05, 4.69) is 25.9 Å². The van der Waals surface area contributed by atoms with E-state index >= 15 is 0 Å². The molecule has 0 radical (unpaired) electrons. The van der Waals surface area contributed by atoms with E-state index in [9.17, 15) is 0 Å². The summed E-state index contributed by atoms with van der Waals surface area (Å²) in [7, 11) is 0. The number of hydrogen-bond donors (Lipinski definition) is 0. The lowest BCUT2D eigenvalue weighted by molar-refractivity contribution is 0.632. The van der Waals surface area contributed by atoms with Gasteiger partial charge in [-0.2, -0.15) is 0 Å². The Kier molecular flexibility index (Phi) is 0.719. The lowest BCUT2D eigenvalue weighted by Gasteiger charge is -2.01. The molecule has 1 aromatic heterocycles. The van der Waals surface area contributed by atoms with Gasteiger partial charge < -0.3 is 0 Å². The van der Waals surface area contributed by atoms with Crippen LogP contribution in [0.1, 0.15) is 34.5 Å². The summed E-state index contributed by atoms with van der Waals surface area (Å²) in [6.45, 7) is -7.07. The molecule has 0 bridgehead atoms. The van der Waals surface area contributed by atoms with Crippen LogP contribution in [0.15, 0.2) is 16.9 Å². The SMILES string of the molecule is [2H]c1nc(C([2H])([2H])C([2H])(C([2H])([2H])[2H])C([2H])([2H])[2H])c([2H])nc1Br. The van der Waals surface area contributed by atoms with Crippen LogP contribution in [-0.2, 0) is 6.37 Å². The smallest absolute Gasteiger partial charge is 0.124 e. The van der Waals surface area contributed by atoms with Crippen LogP contribution in [0.25, 0.3) is 0 Å². The van der Waals surface area contributed by atoms with Gasteiger partial charge in [0.05, 0.1) is 14.6 Å². The van der Waals surface area contributed by atoms with Crippen molar-refractivity contribution in [1.82, 2.24) is 9.97 Å². The molecule has 2 nitrogen and oxygen atoms in total. The minimum atomic E-state index is -3.59. The minimum absolute atomic E-state index is 0.185. The van der Waals surface area contributed by atoms with Crippen LogP contribution in [0.2, 0.25) is 0 Å². The fourth-order valence-corrected chi connectivity index (χ4v) is 0.606. The van der Waals surface area contributed by atoms with Gasteiger partial charge >= 0.3 is 0 Å². The molecular weight excluding hydrogens is 204 g/mol. The summed E-state index contributed by atoms with van der Waals surface area (Å²) < 4.78 is 82.2. The molecule has 0 unspecified atom stereocenters. The molecule has 60 valence electrons. The van der Waals surface area contributed by atoms with E-state index in [1.807, 2.05) is 0 Å². The van der Waals surface area contributed by atoms with Crippen molar-refractivity contribution in [2.24, 2.45) is 5.89 Å². The highest BCUT2D eigenvalue weighted by Crippen LogP contribution is 2.06. The molecule has 0 aliphatic carbocycles. The Morgan fingerprint density at radius 2 is 2.64 bits per heavy atom. The first-order valence-electron chi connectivity index (χ1n) is 8.08. The molecule has 11 heavy (non-hydrogen) atoms. The van der Waals surface area contributed by atoms with Gasteiger partial charge in [-0.3, -0.25) is 4.98 Å². The maximum absolute atomic E-state index is 7.88. The molecule has 0 fully saturated rings.